The number of hydrogen-bond acceptors (Lipinski definition) is 4. The molecule has 0 unspecified atom stereocenters. The van der Waals surface area contributed by atoms with Crippen molar-refractivity contribution in [3.05, 3.63) is 15.8 Å². The second-order valence-electron chi connectivity index (χ2n) is 4.97. The van der Waals surface area contributed by atoms with Crippen LogP contribution in [0.5, 0.6) is 0 Å². The Kier molecular flexibility index (Phi) is 3.98. The Bertz CT molecular complexity index is 583. The molecule has 5 nitrogen and oxygen atoms in total. The first-order valence-corrected chi connectivity index (χ1v) is 8.47. The van der Waals surface area contributed by atoms with E-state index >= 15 is 0 Å². The lowest BCUT2D eigenvalue weighted by atomic mass is 10.0. The molecule has 0 aliphatic carbocycles. The molecule has 1 N–H and O–H groups in total. The third kappa shape index (κ3) is 2.68. The molecule has 2 rings (SSSR count). The van der Waals surface area contributed by atoms with Gasteiger partial charge in [-0.15, -0.1) is 11.3 Å². The van der Waals surface area contributed by atoms with Gasteiger partial charge in [0.15, 0.2) is 0 Å². The molecule has 19 heavy (non-hydrogen) atoms. The van der Waals surface area contributed by atoms with Crippen molar-refractivity contribution >= 4 is 27.3 Å². The molecule has 7 heteroatoms. The molecule has 0 atom stereocenters. The zero-order chi connectivity index (χ0) is 14.2. The van der Waals surface area contributed by atoms with Gasteiger partial charge in [0, 0.05) is 13.1 Å². The molecule has 1 aromatic rings. The Labute approximate surface area is 116 Å². The lowest BCUT2D eigenvalue weighted by molar-refractivity contribution is 0.0698. The first-order chi connectivity index (χ1) is 8.84. The number of sulfonamides is 1. The molecule has 0 bridgehead atoms. The van der Waals surface area contributed by atoms with Crippen LogP contribution in [-0.4, -0.2) is 36.9 Å². The predicted octanol–water partition coefficient (Wildman–Crippen LogP) is 2.18. The number of carboxylic acid groups (broad SMARTS) is 1. The fourth-order valence-corrected chi connectivity index (χ4v) is 5.31. The van der Waals surface area contributed by atoms with Gasteiger partial charge in [0.05, 0.1) is 0 Å². The summed E-state index contributed by atoms with van der Waals surface area (Å²) in [6.07, 6.45) is 1.65. The van der Waals surface area contributed by atoms with Crippen LogP contribution in [0.4, 0.5) is 0 Å². The Hall–Kier alpha value is -0.920. The van der Waals surface area contributed by atoms with Crippen molar-refractivity contribution in [3.63, 3.8) is 0 Å². The summed E-state index contributed by atoms with van der Waals surface area (Å²) < 4.78 is 26.6. The molecule has 2 heterocycles. The number of thiophene rings is 1. The molecule has 0 aromatic carbocycles. The zero-order valence-electron chi connectivity index (χ0n) is 10.9. The molecule has 1 aliphatic heterocycles. The number of hydrogen-bond donors (Lipinski definition) is 1. The summed E-state index contributed by atoms with van der Waals surface area (Å²) in [6.45, 7) is 4.68. The van der Waals surface area contributed by atoms with Crippen LogP contribution in [-0.2, 0) is 10.0 Å². The monoisotopic (exact) mass is 303 g/mol. The third-order valence-corrected chi connectivity index (χ3v) is 6.75. The van der Waals surface area contributed by atoms with E-state index in [1.807, 2.05) is 0 Å². The maximum atomic E-state index is 12.6. The SMILES string of the molecule is Cc1csc(C(=O)O)c1S(=O)(=O)N1CCC(C)CC1. The van der Waals surface area contributed by atoms with Crippen molar-refractivity contribution < 1.29 is 18.3 Å². The van der Waals surface area contributed by atoms with E-state index in [1.54, 1.807) is 12.3 Å². The molecule has 1 aliphatic rings. The summed E-state index contributed by atoms with van der Waals surface area (Å²) in [4.78, 5) is 11.0. The van der Waals surface area contributed by atoms with E-state index in [2.05, 4.69) is 6.92 Å². The Morgan fingerprint density at radius 3 is 2.53 bits per heavy atom. The highest BCUT2D eigenvalue weighted by Gasteiger charge is 2.33. The maximum Gasteiger partial charge on any atom is 0.347 e. The van der Waals surface area contributed by atoms with Gasteiger partial charge < -0.3 is 5.11 Å². The zero-order valence-corrected chi connectivity index (χ0v) is 12.6. The fourth-order valence-electron chi connectivity index (χ4n) is 2.26. The highest BCUT2D eigenvalue weighted by Crippen LogP contribution is 2.31. The smallest absolute Gasteiger partial charge is 0.347 e. The second-order valence-corrected chi connectivity index (χ2v) is 7.72. The number of rotatable bonds is 3. The Morgan fingerprint density at radius 1 is 1.42 bits per heavy atom. The van der Waals surface area contributed by atoms with Crippen LogP contribution in [0.1, 0.15) is 35.0 Å². The average molecular weight is 303 g/mol. The molecular formula is C12H17NO4S2. The van der Waals surface area contributed by atoms with E-state index in [0.29, 0.717) is 24.6 Å². The second kappa shape index (κ2) is 5.22. The average Bonchev–Trinajstić information content (AvgIpc) is 2.72. The van der Waals surface area contributed by atoms with Crippen molar-refractivity contribution in [2.24, 2.45) is 5.92 Å². The van der Waals surface area contributed by atoms with E-state index in [4.69, 9.17) is 5.11 Å². The van der Waals surface area contributed by atoms with E-state index in [-0.39, 0.29) is 9.77 Å². The molecule has 1 fully saturated rings. The Morgan fingerprint density at radius 2 is 2.00 bits per heavy atom. The van der Waals surface area contributed by atoms with E-state index in [1.165, 1.54) is 4.31 Å². The van der Waals surface area contributed by atoms with Gasteiger partial charge in [0.2, 0.25) is 10.0 Å². The van der Waals surface area contributed by atoms with Gasteiger partial charge in [-0.05, 0) is 36.6 Å². The number of aryl methyl sites for hydroxylation is 1. The van der Waals surface area contributed by atoms with Gasteiger partial charge in [-0.3, -0.25) is 0 Å². The summed E-state index contributed by atoms with van der Waals surface area (Å²) in [7, 11) is -3.69. The van der Waals surface area contributed by atoms with Crippen molar-refractivity contribution in [2.75, 3.05) is 13.1 Å². The van der Waals surface area contributed by atoms with Crippen LogP contribution < -0.4 is 0 Å². The van der Waals surface area contributed by atoms with Gasteiger partial charge >= 0.3 is 5.97 Å². The van der Waals surface area contributed by atoms with Gasteiger partial charge in [-0.2, -0.15) is 4.31 Å². The van der Waals surface area contributed by atoms with Crippen molar-refractivity contribution in [2.45, 2.75) is 31.6 Å². The minimum Gasteiger partial charge on any atom is -0.477 e. The normalized spacial score (nSPS) is 18.6. The van der Waals surface area contributed by atoms with Gasteiger partial charge in [-0.25, -0.2) is 13.2 Å². The van der Waals surface area contributed by atoms with Crippen LogP contribution in [0.25, 0.3) is 0 Å². The summed E-state index contributed by atoms with van der Waals surface area (Å²) in [5.41, 5.74) is 0.515. The lowest BCUT2D eigenvalue weighted by Gasteiger charge is -2.29. The quantitative estimate of drug-likeness (QED) is 0.928. The topological polar surface area (TPSA) is 74.7 Å². The molecule has 1 saturated heterocycles. The number of nitrogens with zero attached hydrogens (tertiary/aromatic N) is 1. The number of carbonyl (C=O) groups is 1. The largest absolute Gasteiger partial charge is 0.477 e. The van der Waals surface area contributed by atoms with Crippen molar-refractivity contribution in [3.8, 4) is 0 Å². The molecule has 0 saturated carbocycles. The molecular weight excluding hydrogens is 286 g/mol. The number of piperidine rings is 1. The van der Waals surface area contributed by atoms with Crippen LogP contribution in [0.15, 0.2) is 10.3 Å². The highest BCUT2D eigenvalue weighted by atomic mass is 32.2. The third-order valence-electron chi connectivity index (χ3n) is 3.45. The van der Waals surface area contributed by atoms with Crippen molar-refractivity contribution in [1.82, 2.24) is 4.31 Å². The number of carboxylic acids is 1. The first-order valence-electron chi connectivity index (χ1n) is 6.15. The van der Waals surface area contributed by atoms with Crippen molar-refractivity contribution in [1.29, 1.82) is 0 Å². The number of aromatic carboxylic acids is 1. The first kappa shape index (κ1) is 14.5. The van der Waals surface area contributed by atoms with E-state index < -0.39 is 16.0 Å². The summed E-state index contributed by atoms with van der Waals surface area (Å²) >= 11 is 0.970. The lowest BCUT2D eigenvalue weighted by Crippen LogP contribution is -2.38. The van der Waals surface area contributed by atoms with Gasteiger partial charge in [0.25, 0.3) is 0 Å². The van der Waals surface area contributed by atoms with Crippen LogP contribution >= 0.6 is 11.3 Å². The van der Waals surface area contributed by atoms with E-state index in [9.17, 15) is 13.2 Å². The molecule has 1 aromatic heterocycles. The van der Waals surface area contributed by atoms with Gasteiger partial charge in [-0.1, -0.05) is 6.92 Å². The molecule has 0 spiro atoms. The van der Waals surface area contributed by atoms with Gasteiger partial charge in [0.1, 0.15) is 9.77 Å². The molecule has 0 radical (unpaired) electrons. The predicted molar refractivity (Wildman–Crippen MR) is 73.2 cm³/mol. The Balaban J connectivity index is 2.40. The summed E-state index contributed by atoms with van der Waals surface area (Å²) in [5, 5.41) is 10.7. The highest BCUT2D eigenvalue weighted by molar-refractivity contribution is 7.89. The fraction of sp³-hybridized carbons (Fsp3) is 0.583. The summed E-state index contributed by atoms with van der Waals surface area (Å²) in [6, 6.07) is 0. The molecule has 0 amide bonds. The maximum absolute atomic E-state index is 12.6. The minimum absolute atomic E-state index is 0.0282. The van der Waals surface area contributed by atoms with Crippen LogP contribution in [0.3, 0.4) is 0 Å². The van der Waals surface area contributed by atoms with Crippen LogP contribution in [0.2, 0.25) is 0 Å². The minimum atomic E-state index is -3.69. The molecule has 106 valence electrons. The van der Waals surface area contributed by atoms with E-state index in [0.717, 1.165) is 24.2 Å². The van der Waals surface area contributed by atoms with Crippen LogP contribution in [0, 0.1) is 12.8 Å². The standard InChI is InChI=1S/C12H17NO4S2/c1-8-3-5-13(6-4-8)19(16,17)11-9(2)7-18-10(11)12(14)15/h7-8H,3-6H2,1-2H3,(H,14,15). The summed E-state index contributed by atoms with van der Waals surface area (Å²) in [5.74, 6) is -0.656.